The molecule has 0 bridgehead atoms. The Bertz CT molecular complexity index is 415. The largest absolute Gasteiger partial charge is 0.397 e. The predicted octanol–water partition coefficient (Wildman–Crippen LogP) is 0.981. The summed E-state index contributed by atoms with van der Waals surface area (Å²) in [6.45, 7) is 5.73. The summed E-state index contributed by atoms with van der Waals surface area (Å²) in [6, 6.07) is 1.63. The number of pyridine rings is 1. The fourth-order valence-corrected chi connectivity index (χ4v) is 1.94. The lowest BCUT2D eigenvalue weighted by Crippen LogP contribution is -2.40. The molecule has 1 rings (SSSR count). The maximum absolute atomic E-state index is 12.0. The maximum atomic E-state index is 12.0. The normalized spacial score (nSPS) is 11.6. The van der Waals surface area contributed by atoms with Gasteiger partial charge in [-0.05, 0) is 25.6 Å². The molecule has 0 aliphatic rings. The van der Waals surface area contributed by atoms with E-state index < -0.39 is 0 Å². The van der Waals surface area contributed by atoms with E-state index in [1.54, 1.807) is 12.3 Å². The Kier molecular flexibility index (Phi) is 4.67. The molecule has 0 aromatic carbocycles. The van der Waals surface area contributed by atoms with E-state index in [-0.39, 0.29) is 11.3 Å². The van der Waals surface area contributed by atoms with Gasteiger partial charge >= 0.3 is 0 Å². The average molecular weight is 250 g/mol. The van der Waals surface area contributed by atoms with Gasteiger partial charge in [-0.25, -0.2) is 0 Å². The van der Waals surface area contributed by atoms with E-state index >= 15 is 0 Å². The lowest BCUT2D eigenvalue weighted by atomic mass is 9.93. The number of rotatable bonds is 5. The molecule has 1 heterocycles. The third kappa shape index (κ3) is 4.33. The zero-order valence-electron chi connectivity index (χ0n) is 11.5. The topological polar surface area (TPSA) is 71.2 Å². The molecular formula is C13H22N4O. The highest BCUT2D eigenvalue weighted by atomic mass is 16.1. The van der Waals surface area contributed by atoms with Gasteiger partial charge in [0, 0.05) is 19.3 Å². The first kappa shape index (κ1) is 14.4. The van der Waals surface area contributed by atoms with Gasteiger partial charge in [0.25, 0.3) is 5.91 Å². The number of amides is 1. The standard InChI is InChI=1S/C13H22N4O/c1-13(2,9-17(3)4)8-16-12(18)10-5-6-15-7-11(10)14/h5-7H,8-9,14H2,1-4H3,(H,16,18). The Hall–Kier alpha value is -1.62. The number of nitrogens with one attached hydrogen (secondary N) is 1. The molecule has 3 N–H and O–H groups in total. The fourth-order valence-electron chi connectivity index (χ4n) is 1.94. The zero-order chi connectivity index (χ0) is 13.8. The monoisotopic (exact) mass is 250 g/mol. The van der Waals surface area contributed by atoms with Crippen molar-refractivity contribution < 1.29 is 4.79 Å². The molecule has 0 unspecified atom stereocenters. The summed E-state index contributed by atoms with van der Waals surface area (Å²) < 4.78 is 0. The second-order valence-corrected chi connectivity index (χ2v) is 5.55. The van der Waals surface area contributed by atoms with E-state index in [4.69, 9.17) is 5.73 Å². The molecule has 0 fully saturated rings. The number of nitrogens with two attached hydrogens (primary N) is 1. The van der Waals surface area contributed by atoms with Crippen LogP contribution >= 0.6 is 0 Å². The lowest BCUT2D eigenvalue weighted by Gasteiger charge is -2.28. The molecule has 1 aromatic heterocycles. The van der Waals surface area contributed by atoms with Gasteiger partial charge in [-0.2, -0.15) is 0 Å². The number of hydrogen-bond acceptors (Lipinski definition) is 4. The summed E-state index contributed by atoms with van der Waals surface area (Å²) in [4.78, 5) is 17.9. The smallest absolute Gasteiger partial charge is 0.253 e. The van der Waals surface area contributed by atoms with Crippen LogP contribution in [0.3, 0.4) is 0 Å². The highest BCUT2D eigenvalue weighted by molar-refractivity contribution is 5.98. The number of hydrogen-bond donors (Lipinski definition) is 2. The van der Waals surface area contributed by atoms with Gasteiger partial charge < -0.3 is 16.0 Å². The van der Waals surface area contributed by atoms with Gasteiger partial charge in [-0.1, -0.05) is 13.8 Å². The average Bonchev–Trinajstić information content (AvgIpc) is 2.25. The van der Waals surface area contributed by atoms with Gasteiger partial charge in [-0.15, -0.1) is 0 Å². The molecule has 1 aromatic rings. The van der Waals surface area contributed by atoms with Gasteiger partial charge in [0.15, 0.2) is 0 Å². The van der Waals surface area contributed by atoms with E-state index in [0.717, 1.165) is 6.54 Å². The minimum absolute atomic E-state index is 0.0148. The molecule has 0 aliphatic heterocycles. The van der Waals surface area contributed by atoms with E-state index in [1.165, 1.54) is 6.20 Å². The van der Waals surface area contributed by atoms with Crippen molar-refractivity contribution in [1.29, 1.82) is 0 Å². The van der Waals surface area contributed by atoms with E-state index in [0.29, 0.717) is 17.8 Å². The Morgan fingerprint density at radius 1 is 1.50 bits per heavy atom. The van der Waals surface area contributed by atoms with Crippen LogP contribution in [0, 0.1) is 5.41 Å². The van der Waals surface area contributed by atoms with Gasteiger partial charge in [0.1, 0.15) is 0 Å². The highest BCUT2D eigenvalue weighted by Crippen LogP contribution is 2.15. The minimum atomic E-state index is -0.151. The molecule has 0 spiro atoms. The maximum Gasteiger partial charge on any atom is 0.253 e. The Morgan fingerprint density at radius 2 is 2.17 bits per heavy atom. The molecule has 5 nitrogen and oxygen atoms in total. The van der Waals surface area contributed by atoms with Gasteiger partial charge in [0.2, 0.25) is 0 Å². The van der Waals surface area contributed by atoms with E-state index in [9.17, 15) is 4.79 Å². The molecule has 0 radical (unpaired) electrons. The van der Waals surface area contributed by atoms with Gasteiger partial charge in [-0.3, -0.25) is 9.78 Å². The summed E-state index contributed by atoms with van der Waals surface area (Å²) >= 11 is 0. The molecule has 0 saturated heterocycles. The Labute approximate surface area is 108 Å². The van der Waals surface area contributed by atoms with Crippen LogP contribution in [-0.4, -0.2) is 43.0 Å². The van der Waals surface area contributed by atoms with Crippen molar-refractivity contribution in [2.75, 3.05) is 32.9 Å². The Balaban J connectivity index is 2.59. The Morgan fingerprint density at radius 3 is 2.72 bits per heavy atom. The van der Waals surface area contributed by atoms with Crippen molar-refractivity contribution in [1.82, 2.24) is 15.2 Å². The van der Waals surface area contributed by atoms with Crippen LogP contribution in [0.2, 0.25) is 0 Å². The molecule has 1 amide bonds. The number of nitrogen functional groups attached to an aromatic ring is 1. The molecule has 0 aliphatic carbocycles. The first-order valence-corrected chi connectivity index (χ1v) is 5.94. The summed E-state index contributed by atoms with van der Waals surface area (Å²) in [7, 11) is 4.04. The van der Waals surface area contributed by atoms with Crippen molar-refractivity contribution >= 4 is 11.6 Å². The SMILES string of the molecule is CN(C)CC(C)(C)CNC(=O)c1ccncc1N. The fraction of sp³-hybridized carbons (Fsp3) is 0.538. The third-order valence-electron chi connectivity index (χ3n) is 2.57. The first-order valence-electron chi connectivity index (χ1n) is 5.94. The van der Waals surface area contributed by atoms with Crippen LogP contribution in [0.1, 0.15) is 24.2 Å². The van der Waals surface area contributed by atoms with Crippen molar-refractivity contribution in [3.8, 4) is 0 Å². The summed E-state index contributed by atoms with van der Waals surface area (Å²) in [6.07, 6.45) is 3.05. The quantitative estimate of drug-likeness (QED) is 0.817. The molecule has 100 valence electrons. The van der Waals surface area contributed by atoms with Crippen molar-refractivity contribution in [3.05, 3.63) is 24.0 Å². The molecule has 0 atom stereocenters. The first-order chi connectivity index (χ1) is 8.32. The van der Waals surface area contributed by atoms with E-state index in [1.807, 2.05) is 14.1 Å². The summed E-state index contributed by atoms with van der Waals surface area (Å²) in [5.41, 5.74) is 6.61. The molecule has 0 saturated carbocycles. The van der Waals surface area contributed by atoms with Crippen LogP contribution in [0.15, 0.2) is 18.5 Å². The number of nitrogens with zero attached hydrogens (tertiary/aromatic N) is 2. The zero-order valence-corrected chi connectivity index (χ0v) is 11.5. The van der Waals surface area contributed by atoms with Gasteiger partial charge in [0.05, 0.1) is 17.4 Å². The summed E-state index contributed by atoms with van der Waals surface area (Å²) in [5.74, 6) is -0.151. The summed E-state index contributed by atoms with van der Waals surface area (Å²) in [5, 5.41) is 2.91. The molecule has 5 heteroatoms. The van der Waals surface area contributed by atoms with Crippen LogP contribution in [0.5, 0.6) is 0 Å². The molecule has 18 heavy (non-hydrogen) atoms. The number of anilines is 1. The predicted molar refractivity (Wildman–Crippen MR) is 73.3 cm³/mol. The van der Waals surface area contributed by atoms with Crippen molar-refractivity contribution in [2.45, 2.75) is 13.8 Å². The highest BCUT2D eigenvalue weighted by Gasteiger charge is 2.20. The van der Waals surface area contributed by atoms with Crippen molar-refractivity contribution in [2.24, 2.45) is 5.41 Å². The van der Waals surface area contributed by atoms with E-state index in [2.05, 4.69) is 29.0 Å². The van der Waals surface area contributed by atoms with Crippen LogP contribution in [0.25, 0.3) is 0 Å². The second kappa shape index (κ2) is 5.82. The third-order valence-corrected chi connectivity index (χ3v) is 2.57. The van der Waals surface area contributed by atoms with Crippen LogP contribution in [0.4, 0.5) is 5.69 Å². The lowest BCUT2D eigenvalue weighted by molar-refractivity contribution is 0.0930. The molecular weight excluding hydrogens is 228 g/mol. The number of carbonyl (C=O) groups is 1. The second-order valence-electron chi connectivity index (χ2n) is 5.55. The number of aromatic nitrogens is 1. The van der Waals surface area contributed by atoms with Crippen LogP contribution < -0.4 is 11.1 Å². The minimum Gasteiger partial charge on any atom is -0.397 e. The number of carbonyl (C=O) groups excluding carboxylic acids is 1. The van der Waals surface area contributed by atoms with Crippen LogP contribution in [-0.2, 0) is 0 Å². The van der Waals surface area contributed by atoms with Crippen molar-refractivity contribution in [3.63, 3.8) is 0 Å².